The van der Waals surface area contributed by atoms with Crippen LogP contribution in [0.15, 0.2) is 18.5 Å². The van der Waals surface area contributed by atoms with E-state index in [1.54, 1.807) is 6.20 Å². The fourth-order valence-electron chi connectivity index (χ4n) is 2.31. The number of thiocarbonyl (C=S) groups is 1. The second kappa shape index (κ2) is 6.11. The minimum Gasteiger partial charge on any atom is -0.389 e. The predicted molar refractivity (Wildman–Crippen MR) is 76.9 cm³/mol. The monoisotopic (exact) mass is 265 g/mol. The lowest BCUT2D eigenvalue weighted by molar-refractivity contribution is 0.0685. The Morgan fingerprint density at radius 1 is 1.56 bits per heavy atom. The molecule has 0 unspecified atom stereocenters. The van der Waals surface area contributed by atoms with Gasteiger partial charge < -0.3 is 15.4 Å². The Morgan fingerprint density at radius 3 is 2.94 bits per heavy atom. The van der Waals surface area contributed by atoms with Crippen LogP contribution in [0.25, 0.3) is 0 Å². The summed E-state index contributed by atoms with van der Waals surface area (Å²) in [5.74, 6) is 0.670. The highest BCUT2D eigenvalue weighted by Crippen LogP contribution is 2.22. The van der Waals surface area contributed by atoms with Crippen molar-refractivity contribution in [3.63, 3.8) is 0 Å². The lowest BCUT2D eigenvalue weighted by Crippen LogP contribution is -2.31. The molecule has 2 rings (SSSR count). The Balaban J connectivity index is 2.08. The zero-order chi connectivity index (χ0) is 13.0. The Bertz CT molecular complexity index is 418. The van der Waals surface area contributed by atoms with E-state index in [-0.39, 0.29) is 0 Å². The molecular weight excluding hydrogens is 246 g/mol. The molecule has 2 N–H and O–H groups in total. The van der Waals surface area contributed by atoms with Gasteiger partial charge in [-0.3, -0.25) is 4.98 Å². The molecule has 0 aromatic carbocycles. The summed E-state index contributed by atoms with van der Waals surface area (Å²) in [6.45, 7) is 2.73. The number of hydrogen-bond donors (Lipinski definition) is 1. The number of nitrogens with zero attached hydrogens (tertiary/aromatic N) is 2. The zero-order valence-corrected chi connectivity index (χ0v) is 11.4. The van der Waals surface area contributed by atoms with Crippen molar-refractivity contribution < 1.29 is 4.74 Å². The molecule has 4 nitrogen and oxygen atoms in total. The summed E-state index contributed by atoms with van der Waals surface area (Å²) >= 11 is 5.08. The summed E-state index contributed by atoms with van der Waals surface area (Å²) in [5.41, 5.74) is 7.65. The van der Waals surface area contributed by atoms with Gasteiger partial charge in [0.15, 0.2) is 0 Å². The third-order valence-corrected chi connectivity index (χ3v) is 3.57. The van der Waals surface area contributed by atoms with Crippen LogP contribution in [-0.2, 0) is 4.74 Å². The summed E-state index contributed by atoms with van der Waals surface area (Å²) in [6.07, 6.45) is 5.79. The SMILES string of the molecule is CN(CC1CCOCC1)c1cnccc1C(N)=S. The molecule has 2 heterocycles. The van der Waals surface area contributed by atoms with Gasteiger partial charge in [0.2, 0.25) is 0 Å². The molecule has 1 aromatic heterocycles. The van der Waals surface area contributed by atoms with Gasteiger partial charge in [-0.25, -0.2) is 0 Å². The van der Waals surface area contributed by atoms with Gasteiger partial charge in [-0.15, -0.1) is 0 Å². The van der Waals surface area contributed by atoms with Gasteiger partial charge in [0.25, 0.3) is 0 Å². The molecule has 0 bridgehead atoms. The van der Waals surface area contributed by atoms with E-state index in [0.29, 0.717) is 10.9 Å². The summed E-state index contributed by atoms with van der Waals surface area (Å²) in [7, 11) is 2.06. The molecule has 1 aliphatic rings. The van der Waals surface area contributed by atoms with Gasteiger partial charge in [0.1, 0.15) is 4.99 Å². The molecule has 0 spiro atoms. The van der Waals surface area contributed by atoms with E-state index >= 15 is 0 Å². The Hall–Kier alpha value is -1.20. The number of anilines is 1. The van der Waals surface area contributed by atoms with E-state index in [9.17, 15) is 0 Å². The van der Waals surface area contributed by atoms with E-state index in [1.807, 2.05) is 12.3 Å². The van der Waals surface area contributed by atoms with Crippen LogP contribution in [0.1, 0.15) is 18.4 Å². The second-order valence-electron chi connectivity index (χ2n) is 4.69. The molecule has 1 saturated heterocycles. The van der Waals surface area contributed by atoms with Crippen LogP contribution in [0.3, 0.4) is 0 Å². The molecule has 1 aliphatic heterocycles. The predicted octanol–water partition coefficient (Wildman–Crippen LogP) is 1.58. The summed E-state index contributed by atoms with van der Waals surface area (Å²) < 4.78 is 5.38. The van der Waals surface area contributed by atoms with Crippen molar-refractivity contribution in [3.8, 4) is 0 Å². The minimum absolute atomic E-state index is 0.422. The molecule has 0 aliphatic carbocycles. The average molecular weight is 265 g/mol. The van der Waals surface area contributed by atoms with Crippen molar-refractivity contribution in [1.29, 1.82) is 0 Å². The third-order valence-electron chi connectivity index (χ3n) is 3.35. The molecule has 18 heavy (non-hydrogen) atoms. The lowest BCUT2D eigenvalue weighted by atomic mass is 9.99. The molecule has 0 radical (unpaired) electrons. The highest BCUT2D eigenvalue weighted by molar-refractivity contribution is 7.80. The van der Waals surface area contributed by atoms with Crippen molar-refractivity contribution in [2.75, 3.05) is 31.7 Å². The van der Waals surface area contributed by atoms with E-state index < -0.39 is 0 Å². The molecular formula is C13H19N3OS. The van der Waals surface area contributed by atoms with Crippen LogP contribution in [0.4, 0.5) is 5.69 Å². The number of aromatic nitrogens is 1. The first-order valence-corrected chi connectivity index (χ1v) is 6.62. The van der Waals surface area contributed by atoms with E-state index in [1.165, 1.54) is 0 Å². The highest BCUT2D eigenvalue weighted by atomic mass is 32.1. The lowest BCUT2D eigenvalue weighted by Gasteiger charge is -2.29. The van der Waals surface area contributed by atoms with Crippen LogP contribution in [-0.4, -0.2) is 36.8 Å². The largest absolute Gasteiger partial charge is 0.389 e. The smallest absolute Gasteiger partial charge is 0.106 e. The number of ether oxygens (including phenoxy) is 1. The van der Waals surface area contributed by atoms with Gasteiger partial charge >= 0.3 is 0 Å². The zero-order valence-electron chi connectivity index (χ0n) is 10.6. The molecule has 1 aromatic rings. The summed E-state index contributed by atoms with van der Waals surface area (Å²) in [4.78, 5) is 6.77. The number of nitrogens with two attached hydrogens (primary N) is 1. The molecule has 1 fully saturated rings. The average Bonchev–Trinajstić information content (AvgIpc) is 2.40. The molecule has 0 amide bonds. The van der Waals surface area contributed by atoms with Crippen LogP contribution in [0, 0.1) is 5.92 Å². The van der Waals surface area contributed by atoms with Crippen molar-refractivity contribution in [1.82, 2.24) is 4.98 Å². The number of rotatable bonds is 4. The molecule has 0 atom stereocenters. The Labute approximate surface area is 113 Å². The number of pyridine rings is 1. The van der Waals surface area contributed by atoms with E-state index in [2.05, 4.69) is 16.9 Å². The minimum atomic E-state index is 0.422. The maximum atomic E-state index is 5.74. The highest BCUT2D eigenvalue weighted by Gasteiger charge is 2.17. The Kier molecular flexibility index (Phi) is 4.49. The topological polar surface area (TPSA) is 51.4 Å². The van der Waals surface area contributed by atoms with Crippen molar-refractivity contribution in [3.05, 3.63) is 24.0 Å². The van der Waals surface area contributed by atoms with Crippen LogP contribution >= 0.6 is 12.2 Å². The van der Waals surface area contributed by atoms with Gasteiger partial charge in [-0.05, 0) is 24.8 Å². The molecule has 98 valence electrons. The maximum absolute atomic E-state index is 5.74. The summed E-state index contributed by atoms with van der Waals surface area (Å²) in [6, 6.07) is 1.87. The van der Waals surface area contributed by atoms with E-state index in [0.717, 1.165) is 43.9 Å². The van der Waals surface area contributed by atoms with Crippen molar-refractivity contribution in [2.45, 2.75) is 12.8 Å². The van der Waals surface area contributed by atoms with Crippen LogP contribution in [0.2, 0.25) is 0 Å². The first-order chi connectivity index (χ1) is 8.68. The van der Waals surface area contributed by atoms with Gasteiger partial charge in [-0.1, -0.05) is 12.2 Å². The van der Waals surface area contributed by atoms with Crippen LogP contribution < -0.4 is 10.6 Å². The maximum Gasteiger partial charge on any atom is 0.106 e. The van der Waals surface area contributed by atoms with Crippen molar-refractivity contribution in [2.24, 2.45) is 11.7 Å². The first-order valence-electron chi connectivity index (χ1n) is 6.21. The Morgan fingerprint density at radius 2 is 2.28 bits per heavy atom. The molecule has 5 heteroatoms. The van der Waals surface area contributed by atoms with Crippen molar-refractivity contribution >= 4 is 22.9 Å². The standard InChI is InChI=1S/C13H19N3OS/c1-16(9-10-3-6-17-7-4-10)12-8-15-5-2-11(12)13(14)18/h2,5,8,10H,3-4,6-7,9H2,1H3,(H2,14,18). The third kappa shape index (κ3) is 3.17. The first kappa shape index (κ1) is 13.2. The van der Waals surface area contributed by atoms with Gasteiger partial charge in [0, 0.05) is 38.6 Å². The van der Waals surface area contributed by atoms with Gasteiger partial charge in [0.05, 0.1) is 11.9 Å². The molecule has 0 saturated carbocycles. The summed E-state index contributed by atoms with van der Waals surface area (Å²) in [5, 5.41) is 0. The fourth-order valence-corrected chi connectivity index (χ4v) is 2.49. The van der Waals surface area contributed by atoms with E-state index in [4.69, 9.17) is 22.7 Å². The van der Waals surface area contributed by atoms with Gasteiger partial charge in [-0.2, -0.15) is 0 Å². The quantitative estimate of drug-likeness (QED) is 0.838. The number of hydrogen-bond acceptors (Lipinski definition) is 4. The van der Waals surface area contributed by atoms with Crippen LogP contribution in [0.5, 0.6) is 0 Å². The normalized spacial score (nSPS) is 16.5. The fraction of sp³-hybridized carbons (Fsp3) is 0.538. The second-order valence-corrected chi connectivity index (χ2v) is 5.13.